The highest BCUT2D eigenvalue weighted by Crippen LogP contribution is 2.41. The van der Waals surface area contributed by atoms with Crippen LogP contribution in [0.3, 0.4) is 0 Å². The Hall–Kier alpha value is -5.73. The van der Waals surface area contributed by atoms with Gasteiger partial charge in [0.1, 0.15) is 36.6 Å². The molecule has 3 aromatic carbocycles. The summed E-state index contributed by atoms with van der Waals surface area (Å²) >= 11 is 0. The predicted molar refractivity (Wildman–Crippen MR) is 227 cm³/mol. The molecule has 0 bridgehead atoms. The molecule has 1 aliphatic rings. The molecule has 15 heteroatoms. The summed E-state index contributed by atoms with van der Waals surface area (Å²) in [5.74, 6) is 3.15. The molecule has 0 unspecified atom stereocenters. The van der Waals surface area contributed by atoms with E-state index < -0.39 is 35.1 Å². The average molecular weight is 838 g/mol. The molecule has 330 valence electrons. The Morgan fingerprint density at radius 1 is 0.417 bits per heavy atom. The monoisotopic (exact) mass is 837 g/mol. The average Bonchev–Trinajstić information content (AvgIpc) is 3.19. The van der Waals surface area contributed by atoms with Crippen LogP contribution in [0.1, 0.15) is 95.7 Å². The van der Waals surface area contributed by atoms with Gasteiger partial charge < -0.3 is 58.6 Å². The number of carbonyl (C=O) groups is 3. The van der Waals surface area contributed by atoms with Gasteiger partial charge in [0.05, 0.1) is 41.0 Å². The zero-order valence-electron chi connectivity index (χ0n) is 37.2. The van der Waals surface area contributed by atoms with Gasteiger partial charge in [-0.3, -0.25) is 0 Å². The van der Waals surface area contributed by atoms with E-state index in [1.54, 1.807) is 83.6 Å². The van der Waals surface area contributed by atoms with E-state index in [1.165, 1.54) is 0 Å². The van der Waals surface area contributed by atoms with E-state index in [-0.39, 0.29) is 39.5 Å². The van der Waals surface area contributed by atoms with Crippen molar-refractivity contribution in [2.75, 3.05) is 60.8 Å². The van der Waals surface area contributed by atoms with Crippen LogP contribution in [0.15, 0.2) is 36.4 Å². The molecule has 4 rings (SSSR count). The summed E-state index contributed by atoms with van der Waals surface area (Å²) in [5, 5.41) is 8.19. The second-order valence-corrected chi connectivity index (χ2v) is 17.2. The van der Waals surface area contributed by atoms with E-state index >= 15 is 0 Å². The summed E-state index contributed by atoms with van der Waals surface area (Å²) in [5.41, 5.74) is 4.07. The minimum absolute atomic E-state index is 0.175. The second-order valence-electron chi connectivity index (χ2n) is 17.2. The smallest absolute Gasteiger partial charge is 0.407 e. The Morgan fingerprint density at radius 3 is 0.833 bits per heavy atom. The van der Waals surface area contributed by atoms with Crippen LogP contribution in [-0.4, -0.2) is 95.9 Å². The Kier molecular flexibility index (Phi) is 16.0. The third-order valence-electron chi connectivity index (χ3n) is 8.68. The van der Waals surface area contributed by atoms with Gasteiger partial charge in [-0.1, -0.05) is 0 Å². The van der Waals surface area contributed by atoms with Crippen LogP contribution in [0.2, 0.25) is 0 Å². The summed E-state index contributed by atoms with van der Waals surface area (Å²) in [4.78, 5) is 36.7. The zero-order valence-corrected chi connectivity index (χ0v) is 37.2. The first kappa shape index (κ1) is 47.0. The van der Waals surface area contributed by atoms with Crippen molar-refractivity contribution in [3.63, 3.8) is 0 Å². The van der Waals surface area contributed by atoms with Gasteiger partial charge in [-0.15, -0.1) is 0 Å². The summed E-state index contributed by atoms with van der Waals surface area (Å²) in [6, 6.07) is 11.8. The number of amides is 3. The lowest BCUT2D eigenvalue weighted by Gasteiger charge is -2.20. The van der Waals surface area contributed by atoms with Gasteiger partial charge >= 0.3 is 18.3 Å². The quantitative estimate of drug-likeness (QED) is 0.0797. The standard InChI is InChI=1S/C45H63N3O12/c1-43(2,3)58-40(49)46-13-16-55-37-25-31-19-29-23-35(53-11)39(57-18-15-48-42(51)60-45(7,8)9)27-33(29)21-30-24-36(54-12)38(26-32(30)20-28(31)22-34(37)52-10)56-17-14-47-41(50)59-44(4,5)6/h22-27H,13-21H2,1-12H3,(H,46,49)(H,47,50)(H,48,51). The molecule has 0 saturated carbocycles. The van der Waals surface area contributed by atoms with Crippen LogP contribution in [0.4, 0.5) is 14.4 Å². The van der Waals surface area contributed by atoms with Crippen molar-refractivity contribution in [1.29, 1.82) is 0 Å². The minimum atomic E-state index is -0.622. The Morgan fingerprint density at radius 2 is 0.633 bits per heavy atom. The SMILES string of the molecule is COc1cc2c(cc1OCCNC(=O)OC(C)(C)C)Cc1cc(OC)c(OCCNC(=O)OC(C)(C)C)cc1Cc1cc(OC)c(OCCNC(=O)OC(C)(C)C)cc1C2. The Labute approximate surface area is 354 Å². The molecule has 0 atom stereocenters. The van der Waals surface area contributed by atoms with Crippen LogP contribution in [0.5, 0.6) is 34.5 Å². The van der Waals surface area contributed by atoms with Crippen LogP contribution in [0.25, 0.3) is 0 Å². The molecule has 15 nitrogen and oxygen atoms in total. The highest BCUT2D eigenvalue weighted by molar-refractivity contribution is 5.68. The van der Waals surface area contributed by atoms with Crippen molar-refractivity contribution < 1.29 is 57.0 Å². The van der Waals surface area contributed by atoms with E-state index in [9.17, 15) is 14.4 Å². The highest BCUT2D eigenvalue weighted by atomic mass is 16.6. The predicted octanol–water partition coefficient (Wildman–Crippen LogP) is 7.51. The van der Waals surface area contributed by atoms with Crippen molar-refractivity contribution in [2.24, 2.45) is 0 Å². The van der Waals surface area contributed by atoms with E-state index in [2.05, 4.69) is 16.0 Å². The van der Waals surface area contributed by atoms with Crippen molar-refractivity contribution in [2.45, 2.75) is 98.4 Å². The largest absolute Gasteiger partial charge is 0.493 e. The van der Waals surface area contributed by atoms with Gasteiger partial charge in [0.25, 0.3) is 0 Å². The molecule has 3 aromatic rings. The fourth-order valence-corrected chi connectivity index (χ4v) is 6.24. The third kappa shape index (κ3) is 14.8. The number of nitrogens with one attached hydrogen (secondary N) is 3. The molecule has 0 fully saturated rings. The minimum Gasteiger partial charge on any atom is -0.493 e. The van der Waals surface area contributed by atoms with Crippen LogP contribution in [-0.2, 0) is 33.5 Å². The number of rotatable bonds is 15. The summed E-state index contributed by atoms with van der Waals surface area (Å²) in [6.45, 7) is 17.4. The molecular formula is C45H63N3O12. The van der Waals surface area contributed by atoms with Gasteiger partial charge in [-0.2, -0.15) is 0 Å². The molecule has 60 heavy (non-hydrogen) atoms. The van der Waals surface area contributed by atoms with Crippen molar-refractivity contribution in [3.05, 3.63) is 69.8 Å². The van der Waals surface area contributed by atoms with E-state index in [1.807, 2.05) is 36.4 Å². The van der Waals surface area contributed by atoms with E-state index in [0.717, 1.165) is 33.4 Å². The maximum Gasteiger partial charge on any atom is 0.407 e. The number of hydrogen-bond donors (Lipinski definition) is 3. The molecule has 0 radical (unpaired) electrons. The van der Waals surface area contributed by atoms with Crippen LogP contribution in [0, 0.1) is 0 Å². The molecule has 1 aliphatic carbocycles. The number of carbonyl (C=O) groups excluding carboxylic acids is 3. The lowest BCUT2D eigenvalue weighted by Crippen LogP contribution is -2.34. The molecule has 3 N–H and O–H groups in total. The van der Waals surface area contributed by atoms with Gasteiger partial charge in [0, 0.05) is 0 Å². The normalized spacial score (nSPS) is 12.4. The molecule has 3 amide bonds. The van der Waals surface area contributed by atoms with Crippen LogP contribution < -0.4 is 44.4 Å². The number of fused-ring (bicyclic) bond motifs is 3. The fourth-order valence-electron chi connectivity index (χ4n) is 6.24. The van der Waals surface area contributed by atoms with Crippen LogP contribution >= 0.6 is 0 Å². The summed E-state index contributed by atoms with van der Waals surface area (Å²) < 4.78 is 52.1. The first-order valence-corrected chi connectivity index (χ1v) is 20.0. The number of benzene rings is 3. The van der Waals surface area contributed by atoms with Crippen molar-refractivity contribution in [1.82, 2.24) is 16.0 Å². The zero-order chi connectivity index (χ0) is 44.3. The molecule has 0 heterocycles. The van der Waals surface area contributed by atoms with Gasteiger partial charge in [-0.25, -0.2) is 14.4 Å². The molecular weight excluding hydrogens is 775 g/mol. The maximum atomic E-state index is 12.2. The molecule has 0 spiro atoms. The van der Waals surface area contributed by atoms with Crippen molar-refractivity contribution in [3.8, 4) is 34.5 Å². The highest BCUT2D eigenvalue weighted by Gasteiger charge is 2.24. The van der Waals surface area contributed by atoms with E-state index in [4.69, 9.17) is 42.6 Å². The lowest BCUT2D eigenvalue weighted by molar-refractivity contribution is 0.0509. The number of methoxy groups -OCH3 is 3. The number of alkyl carbamates (subject to hydrolysis) is 3. The van der Waals surface area contributed by atoms with Crippen molar-refractivity contribution >= 4 is 18.3 Å². The maximum absolute atomic E-state index is 12.2. The number of ether oxygens (including phenoxy) is 9. The molecule has 0 aliphatic heterocycles. The third-order valence-corrected chi connectivity index (χ3v) is 8.68. The topological polar surface area (TPSA) is 170 Å². The number of hydrogen-bond acceptors (Lipinski definition) is 12. The second kappa shape index (κ2) is 20.5. The lowest BCUT2D eigenvalue weighted by atomic mass is 9.94. The Balaban J connectivity index is 1.69. The first-order valence-electron chi connectivity index (χ1n) is 20.0. The Bertz CT molecular complexity index is 1740. The summed E-state index contributed by atoms with van der Waals surface area (Å²) in [7, 11) is 4.76. The first-order chi connectivity index (χ1) is 28.2. The summed E-state index contributed by atoms with van der Waals surface area (Å²) in [6.07, 6.45) is -0.0370. The van der Waals surface area contributed by atoms with Gasteiger partial charge in [0.15, 0.2) is 34.5 Å². The molecule has 0 aromatic heterocycles. The van der Waals surface area contributed by atoms with E-state index in [0.29, 0.717) is 53.8 Å². The van der Waals surface area contributed by atoms with Gasteiger partial charge in [-0.05, 0) is 151 Å². The molecule has 0 saturated heterocycles. The fraction of sp³-hybridized carbons (Fsp3) is 0.533. The van der Waals surface area contributed by atoms with Gasteiger partial charge in [0.2, 0.25) is 0 Å².